The number of rotatable bonds is 2. The van der Waals surface area contributed by atoms with Gasteiger partial charge in [0.25, 0.3) is 5.91 Å². The number of anilines is 1. The second-order valence-corrected chi connectivity index (χ2v) is 7.11. The number of ether oxygens (including phenoxy) is 1. The van der Waals surface area contributed by atoms with Crippen molar-refractivity contribution in [3.63, 3.8) is 0 Å². The summed E-state index contributed by atoms with van der Waals surface area (Å²) in [7, 11) is 0. The molecule has 1 aromatic rings. The number of hydrogen-bond donors (Lipinski definition) is 2. The van der Waals surface area contributed by atoms with Crippen molar-refractivity contribution in [2.24, 2.45) is 0 Å². The maximum absolute atomic E-state index is 12.5. The molecule has 5 nitrogen and oxygen atoms in total. The van der Waals surface area contributed by atoms with Gasteiger partial charge >= 0.3 is 0 Å². The van der Waals surface area contributed by atoms with E-state index in [-0.39, 0.29) is 23.5 Å². The first kappa shape index (κ1) is 15.0. The highest BCUT2D eigenvalue weighted by molar-refractivity contribution is 6.07. The van der Waals surface area contributed by atoms with Gasteiger partial charge in [0.15, 0.2) is 0 Å². The summed E-state index contributed by atoms with van der Waals surface area (Å²) in [5.41, 5.74) is 1.32. The van der Waals surface area contributed by atoms with E-state index in [0.717, 1.165) is 17.7 Å². The van der Waals surface area contributed by atoms with Crippen molar-refractivity contribution in [2.45, 2.75) is 51.2 Å². The fourth-order valence-corrected chi connectivity index (χ4v) is 3.11. The van der Waals surface area contributed by atoms with Crippen LogP contribution in [0.3, 0.4) is 0 Å². The van der Waals surface area contributed by atoms with Gasteiger partial charge in [-0.3, -0.25) is 9.59 Å². The Morgan fingerprint density at radius 2 is 2.05 bits per heavy atom. The van der Waals surface area contributed by atoms with Gasteiger partial charge in [0.1, 0.15) is 0 Å². The van der Waals surface area contributed by atoms with Gasteiger partial charge in [-0.25, -0.2) is 0 Å². The van der Waals surface area contributed by atoms with Gasteiger partial charge in [-0.1, -0.05) is 6.07 Å². The average molecular weight is 302 g/mol. The Bertz CT molecular complexity index is 649. The molecule has 0 aliphatic carbocycles. The predicted molar refractivity (Wildman–Crippen MR) is 84.0 cm³/mol. The van der Waals surface area contributed by atoms with E-state index in [2.05, 4.69) is 10.6 Å². The van der Waals surface area contributed by atoms with E-state index in [1.165, 1.54) is 0 Å². The van der Waals surface area contributed by atoms with Crippen LogP contribution in [-0.4, -0.2) is 30.1 Å². The lowest BCUT2D eigenvalue weighted by atomic mass is 9.86. The second-order valence-electron chi connectivity index (χ2n) is 7.11. The van der Waals surface area contributed by atoms with Crippen LogP contribution >= 0.6 is 0 Å². The summed E-state index contributed by atoms with van der Waals surface area (Å²) in [6.45, 7) is 8.39. The molecule has 2 amide bonds. The van der Waals surface area contributed by atoms with Crippen LogP contribution in [0.4, 0.5) is 5.69 Å². The molecule has 5 heteroatoms. The van der Waals surface area contributed by atoms with Gasteiger partial charge in [0.2, 0.25) is 5.91 Å². The molecule has 1 unspecified atom stereocenters. The number of carbonyl (C=O) groups excluding carboxylic acids is 2. The topological polar surface area (TPSA) is 67.4 Å². The Hall–Kier alpha value is -1.88. The zero-order valence-corrected chi connectivity index (χ0v) is 13.4. The lowest BCUT2D eigenvalue weighted by Gasteiger charge is -2.26. The van der Waals surface area contributed by atoms with Crippen LogP contribution in [-0.2, 0) is 14.9 Å². The highest BCUT2D eigenvalue weighted by Crippen LogP contribution is 2.37. The van der Waals surface area contributed by atoms with Crippen molar-refractivity contribution < 1.29 is 14.3 Å². The Morgan fingerprint density at radius 3 is 2.68 bits per heavy atom. The molecule has 1 atom stereocenters. The molecule has 0 saturated carbocycles. The van der Waals surface area contributed by atoms with Gasteiger partial charge < -0.3 is 15.4 Å². The molecule has 118 valence electrons. The summed E-state index contributed by atoms with van der Waals surface area (Å²) in [5, 5.41) is 5.88. The van der Waals surface area contributed by atoms with Gasteiger partial charge in [-0.05, 0) is 51.8 Å². The smallest absolute Gasteiger partial charge is 0.251 e. The van der Waals surface area contributed by atoms with Crippen molar-refractivity contribution in [1.82, 2.24) is 5.32 Å². The molecular formula is C17H22N2O3. The van der Waals surface area contributed by atoms with Crippen molar-refractivity contribution in [3.8, 4) is 0 Å². The van der Waals surface area contributed by atoms with Crippen molar-refractivity contribution in [2.75, 3.05) is 11.9 Å². The Morgan fingerprint density at radius 1 is 1.32 bits per heavy atom. The fraction of sp³-hybridized carbons (Fsp3) is 0.529. The maximum atomic E-state index is 12.5. The van der Waals surface area contributed by atoms with Crippen molar-refractivity contribution in [3.05, 3.63) is 29.3 Å². The number of amides is 2. The van der Waals surface area contributed by atoms with Crippen LogP contribution in [0.25, 0.3) is 0 Å². The molecule has 22 heavy (non-hydrogen) atoms. The molecule has 1 aromatic carbocycles. The van der Waals surface area contributed by atoms with E-state index in [1.807, 2.05) is 33.8 Å². The zero-order valence-electron chi connectivity index (χ0n) is 13.4. The van der Waals surface area contributed by atoms with Gasteiger partial charge in [0, 0.05) is 17.9 Å². The van der Waals surface area contributed by atoms with Crippen LogP contribution in [0.15, 0.2) is 18.2 Å². The van der Waals surface area contributed by atoms with Gasteiger partial charge in [0.05, 0.1) is 17.1 Å². The van der Waals surface area contributed by atoms with Crippen LogP contribution in [0, 0.1) is 0 Å². The summed E-state index contributed by atoms with van der Waals surface area (Å²) >= 11 is 0. The first-order valence-corrected chi connectivity index (χ1v) is 7.62. The third-order valence-corrected chi connectivity index (χ3v) is 4.80. The van der Waals surface area contributed by atoms with Gasteiger partial charge in [-0.15, -0.1) is 0 Å². The number of benzene rings is 1. The number of fused-ring (bicyclic) bond motifs is 1. The third kappa shape index (κ3) is 2.29. The predicted octanol–water partition coefficient (Wildman–Crippen LogP) is 2.21. The van der Waals surface area contributed by atoms with Gasteiger partial charge in [-0.2, -0.15) is 0 Å². The monoisotopic (exact) mass is 302 g/mol. The van der Waals surface area contributed by atoms with Crippen molar-refractivity contribution >= 4 is 17.5 Å². The standard InChI is InChI=1S/C17H22N2O3/c1-16(2)11-6-5-10(9-12(11)18-15(16)21)14(20)19-13-7-8-22-17(13,3)4/h5-6,9,13H,7-8H2,1-4H3,(H,18,21)(H,19,20). The van der Waals surface area contributed by atoms with E-state index in [4.69, 9.17) is 4.74 Å². The van der Waals surface area contributed by atoms with Crippen molar-refractivity contribution in [1.29, 1.82) is 0 Å². The van der Waals surface area contributed by atoms with Crippen LogP contribution in [0.1, 0.15) is 50.0 Å². The minimum atomic E-state index is -0.550. The molecule has 0 spiro atoms. The first-order chi connectivity index (χ1) is 10.2. The lowest BCUT2D eigenvalue weighted by Crippen LogP contribution is -2.46. The summed E-state index contributed by atoms with van der Waals surface area (Å²) in [5.74, 6) is -0.171. The summed E-state index contributed by atoms with van der Waals surface area (Å²) in [4.78, 5) is 24.4. The normalized spacial score (nSPS) is 24.7. The fourth-order valence-electron chi connectivity index (χ4n) is 3.11. The summed E-state index contributed by atoms with van der Waals surface area (Å²) < 4.78 is 5.63. The molecule has 1 saturated heterocycles. The third-order valence-electron chi connectivity index (χ3n) is 4.80. The Labute approximate surface area is 130 Å². The van der Waals surface area contributed by atoms with E-state index in [9.17, 15) is 9.59 Å². The second kappa shape index (κ2) is 4.81. The SMILES string of the molecule is CC1(C)C(=O)Nc2cc(C(=O)NC3CCOC3(C)C)ccc21. The number of nitrogens with one attached hydrogen (secondary N) is 2. The van der Waals surface area contributed by atoms with Crippen LogP contribution in [0.2, 0.25) is 0 Å². The van der Waals surface area contributed by atoms with Crippen LogP contribution < -0.4 is 10.6 Å². The quantitative estimate of drug-likeness (QED) is 0.880. The number of carbonyl (C=O) groups is 2. The molecule has 0 radical (unpaired) electrons. The molecule has 1 fully saturated rings. The number of hydrogen-bond acceptors (Lipinski definition) is 3. The highest BCUT2D eigenvalue weighted by atomic mass is 16.5. The highest BCUT2D eigenvalue weighted by Gasteiger charge is 2.39. The van der Waals surface area contributed by atoms with E-state index >= 15 is 0 Å². The van der Waals surface area contributed by atoms with E-state index < -0.39 is 5.41 Å². The van der Waals surface area contributed by atoms with E-state index in [0.29, 0.717) is 12.2 Å². The Balaban J connectivity index is 1.81. The molecule has 2 aliphatic heterocycles. The summed E-state index contributed by atoms with van der Waals surface area (Å²) in [6.07, 6.45) is 0.813. The minimum Gasteiger partial charge on any atom is -0.373 e. The lowest BCUT2D eigenvalue weighted by molar-refractivity contribution is -0.119. The molecule has 2 N–H and O–H groups in total. The largest absolute Gasteiger partial charge is 0.373 e. The molecule has 3 rings (SSSR count). The van der Waals surface area contributed by atoms with Crippen LogP contribution in [0.5, 0.6) is 0 Å². The molecule has 0 aromatic heterocycles. The van der Waals surface area contributed by atoms with E-state index in [1.54, 1.807) is 12.1 Å². The Kier molecular flexibility index (Phi) is 3.29. The molecule has 2 aliphatic rings. The first-order valence-electron chi connectivity index (χ1n) is 7.62. The molecule has 0 bridgehead atoms. The molecule has 2 heterocycles. The molecular weight excluding hydrogens is 280 g/mol. The minimum absolute atomic E-state index is 0.000660. The maximum Gasteiger partial charge on any atom is 0.251 e. The zero-order chi connectivity index (χ0) is 16.1. The average Bonchev–Trinajstić information content (AvgIpc) is 2.87. The summed E-state index contributed by atoms with van der Waals surface area (Å²) in [6, 6.07) is 5.39.